The normalized spacial score (nSPS) is 15.5. The molecule has 9 nitrogen and oxygen atoms in total. The van der Waals surface area contributed by atoms with Crippen molar-refractivity contribution in [1.29, 1.82) is 0 Å². The van der Waals surface area contributed by atoms with Gasteiger partial charge >= 0.3 is 0 Å². The SMILES string of the molecule is C[C@H](C(=O)N[C@H](C)c1ccc(S(C)(=O)=O)cc1)N(c1ccc2c(c1)OCCO2)S(C)(=O)=O. The topological polar surface area (TPSA) is 119 Å². The molecule has 1 heterocycles. The summed E-state index contributed by atoms with van der Waals surface area (Å²) in [5.74, 6) is 0.413. The summed E-state index contributed by atoms with van der Waals surface area (Å²) in [5.41, 5.74) is 0.966. The summed E-state index contributed by atoms with van der Waals surface area (Å²) < 4.78 is 60.4. The van der Waals surface area contributed by atoms with Gasteiger partial charge in [-0.25, -0.2) is 16.8 Å². The highest BCUT2D eigenvalue weighted by atomic mass is 32.2. The van der Waals surface area contributed by atoms with Crippen LogP contribution in [-0.2, 0) is 24.7 Å². The number of ether oxygens (including phenoxy) is 2. The highest BCUT2D eigenvalue weighted by molar-refractivity contribution is 7.92. The van der Waals surface area contributed by atoms with E-state index in [0.29, 0.717) is 30.3 Å². The number of hydrogen-bond acceptors (Lipinski definition) is 7. The van der Waals surface area contributed by atoms with Crippen LogP contribution in [0, 0.1) is 0 Å². The van der Waals surface area contributed by atoms with Gasteiger partial charge in [0, 0.05) is 12.3 Å². The second-order valence-electron chi connectivity index (χ2n) is 7.63. The lowest BCUT2D eigenvalue weighted by Gasteiger charge is -2.30. The van der Waals surface area contributed by atoms with Crippen molar-refractivity contribution in [2.45, 2.75) is 30.8 Å². The first-order valence-corrected chi connectivity index (χ1v) is 13.6. The zero-order valence-electron chi connectivity index (χ0n) is 18.2. The van der Waals surface area contributed by atoms with E-state index in [9.17, 15) is 21.6 Å². The lowest BCUT2D eigenvalue weighted by atomic mass is 10.1. The van der Waals surface area contributed by atoms with Gasteiger partial charge in [-0.1, -0.05) is 12.1 Å². The van der Waals surface area contributed by atoms with E-state index in [4.69, 9.17) is 9.47 Å². The predicted octanol–water partition coefficient (Wildman–Crippen LogP) is 1.89. The molecule has 1 N–H and O–H groups in total. The van der Waals surface area contributed by atoms with Gasteiger partial charge in [0.25, 0.3) is 0 Å². The number of sulfone groups is 1. The molecule has 2 aromatic rings. The van der Waals surface area contributed by atoms with Crippen LogP contribution in [0.1, 0.15) is 25.5 Å². The average molecular weight is 483 g/mol. The summed E-state index contributed by atoms with van der Waals surface area (Å²) in [7, 11) is -7.13. The molecule has 0 unspecified atom stereocenters. The van der Waals surface area contributed by atoms with Gasteiger partial charge in [-0.05, 0) is 43.7 Å². The summed E-state index contributed by atoms with van der Waals surface area (Å²) in [6, 6.07) is 9.34. The van der Waals surface area contributed by atoms with Crippen LogP contribution in [0.5, 0.6) is 11.5 Å². The van der Waals surface area contributed by atoms with Gasteiger partial charge in [0.1, 0.15) is 19.3 Å². The molecule has 0 saturated heterocycles. The third kappa shape index (κ3) is 5.33. The van der Waals surface area contributed by atoms with E-state index < -0.39 is 37.9 Å². The molecular formula is C21H26N2O7S2. The fourth-order valence-electron chi connectivity index (χ4n) is 3.40. The molecule has 0 radical (unpaired) electrons. The number of fused-ring (bicyclic) bond motifs is 1. The highest BCUT2D eigenvalue weighted by Crippen LogP contribution is 2.35. The molecular weight excluding hydrogens is 456 g/mol. The van der Waals surface area contributed by atoms with Gasteiger partial charge in [0.05, 0.1) is 22.9 Å². The number of nitrogens with one attached hydrogen (secondary N) is 1. The Morgan fingerprint density at radius 2 is 1.53 bits per heavy atom. The minimum Gasteiger partial charge on any atom is -0.486 e. The van der Waals surface area contributed by atoms with Gasteiger partial charge in [-0.3, -0.25) is 9.10 Å². The summed E-state index contributed by atoms with van der Waals surface area (Å²) in [6.07, 6.45) is 2.15. The molecule has 174 valence electrons. The van der Waals surface area contributed by atoms with Crippen LogP contribution in [0.15, 0.2) is 47.4 Å². The first kappa shape index (κ1) is 23.9. The second-order valence-corrected chi connectivity index (χ2v) is 11.5. The van der Waals surface area contributed by atoms with Crippen molar-refractivity contribution in [2.75, 3.05) is 30.0 Å². The van der Waals surface area contributed by atoms with E-state index in [1.165, 1.54) is 25.1 Å². The predicted molar refractivity (Wildman–Crippen MR) is 120 cm³/mol. The van der Waals surface area contributed by atoms with Gasteiger partial charge in [0.15, 0.2) is 21.3 Å². The lowest BCUT2D eigenvalue weighted by molar-refractivity contribution is -0.122. The first-order valence-electron chi connectivity index (χ1n) is 9.87. The molecule has 32 heavy (non-hydrogen) atoms. The van der Waals surface area contributed by atoms with Crippen molar-refractivity contribution >= 4 is 31.5 Å². The van der Waals surface area contributed by atoms with Crippen LogP contribution in [0.25, 0.3) is 0 Å². The summed E-state index contributed by atoms with van der Waals surface area (Å²) in [6.45, 7) is 3.98. The largest absolute Gasteiger partial charge is 0.486 e. The summed E-state index contributed by atoms with van der Waals surface area (Å²) in [5, 5.41) is 2.79. The molecule has 1 aliphatic rings. The standard InChI is InChI=1S/C21H26N2O7S2/c1-14(16-5-8-18(9-6-16)31(3,25)26)22-21(24)15(2)23(32(4,27)28)17-7-10-19-20(13-17)30-12-11-29-19/h5-10,13-15H,11-12H2,1-4H3,(H,22,24)/t14-,15-/m1/s1. The molecule has 0 fully saturated rings. The Morgan fingerprint density at radius 3 is 2.09 bits per heavy atom. The zero-order valence-corrected chi connectivity index (χ0v) is 19.9. The number of benzene rings is 2. The summed E-state index contributed by atoms with van der Waals surface area (Å²) >= 11 is 0. The summed E-state index contributed by atoms with van der Waals surface area (Å²) in [4.78, 5) is 13.1. The molecule has 0 aliphatic carbocycles. The zero-order chi connectivity index (χ0) is 23.7. The van der Waals surface area contributed by atoms with E-state index in [0.717, 1.165) is 16.8 Å². The quantitative estimate of drug-likeness (QED) is 0.640. The number of nitrogens with zero attached hydrogens (tertiary/aromatic N) is 1. The van der Waals surface area contributed by atoms with Crippen LogP contribution in [0.2, 0.25) is 0 Å². The van der Waals surface area contributed by atoms with E-state index in [-0.39, 0.29) is 10.6 Å². The third-order valence-electron chi connectivity index (χ3n) is 5.04. The molecule has 2 aromatic carbocycles. The number of sulfonamides is 1. The van der Waals surface area contributed by atoms with E-state index >= 15 is 0 Å². The van der Waals surface area contributed by atoms with Gasteiger partial charge < -0.3 is 14.8 Å². The van der Waals surface area contributed by atoms with Gasteiger partial charge in [-0.2, -0.15) is 0 Å². The maximum Gasteiger partial charge on any atom is 0.244 e. The Balaban J connectivity index is 1.81. The minimum atomic E-state index is -3.80. The van der Waals surface area contributed by atoms with Crippen LogP contribution in [-0.4, -0.2) is 54.5 Å². The van der Waals surface area contributed by atoms with E-state index in [1.807, 2.05) is 0 Å². The fourth-order valence-corrected chi connectivity index (χ4v) is 5.20. The highest BCUT2D eigenvalue weighted by Gasteiger charge is 2.31. The fraction of sp³-hybridized carbons (Fsp3) is 0.381. The van der Waals surface area contributed by atoms with Crippen molar-refractivity contribution in [1.82, 2.24) is 5.32 Å². The molecule has 3 rings (SSSR count). The van der Waals surface area contributed by atoms with Crippen LogP contribution < -0.4 is 19.1 Å². The molecule has 1 aliphatic heterocycles. The molecule has 0 bridgehead atoms. The number of carbonyl (C=O) groups excluding carboxylic acids is 1. The molecule has 0 spiro atoms. The van der Waals surface area contributed by atoms with Gasteiger partial charge in [-0.15, -0.1) is 0 Å². The molecule has 0 aromatic heterocycles. The molecule has 0 saturated carbocycles. The Labute approximate surface area is 188 Å². The number of amides is 1. The third-order valence-corrected chi connectivity index (χ3v) is 7.41. The van der Waals surface area contributed by atoms with Crippen molar-refractivity contribution in [2.24, 2.45) is 0 Å². The molecule has 2 atom stereocenters. The monoisotopic (exact) mass is 482 g/mol. The average Bonchev–Trinajstić information content (AvgIpc) is 2.72. The molecule has 11 heteroatoms. The maximum atomic E-state index is 12.9. The van der Waals surface area contributed by atoms with Crippen LogP contribution >= 0.6 is 0 Å². The lowest BCUT2D eigenvalue weighted by Crippen LogP contribution is -2.48. The first-order chi connectivity index (χ1) is 14.9. The van der Waals surface area contributed by atoms with Crippen molar-refractivity contribution in [3.63, 3.8) is 0 Å². The van der Waals surface area contributed by atoms with Crippen molar-refractivity contribution in [3.8, 4) is 11.5 Å². The van der Waals surface area contributed by atoms with Crippen molar-refractivity contribution in [3.05, 3.63) is 48.0 Å². The van der Waals surface area contributed by atoms with E-state index in [1.54, 1.807) is 31.2 Å². The second kappa shape index (κ2) is 8.99. The maximum absolute atomic E-state index is 12.9. The smallest absolute Gasteiger partial charge is 0.244 e. The molecule has 1 amide bonds. The number of hydrogen-bond donors (Lipinski definition) is 1. The van der Waals surface area contributed by atoms with Gasteiger partial charge in [0.2, 0.25) is 15.9 Å². The number of carbonyl (C=O) groups is 1. The Morgan fingerprint density at radius 1 is 0.938 bits per heavy atom. The Hall–Kier alpha value is -2.79. The number of anilines is 1. The Bertz CT molecular complexity index is 1210. The van der Waals surface area contributed by atoms with E-state index in [2.05, 4.69) is 5.32 Å². The Kier molecular flexibility index (Phi) is 6.70. The number of rotatable bonds is 7. The van der Waals surface area contributed by atoms with Crippen LogP contribution in [0.3, 0.4) is 0 Å². The van der Waals surface area contributed by atoms with Crippen LogP contribution in [0.4, 0.5) is 5.69 Å². The minimum absolute atomic E-state index is 0.176. The van der Waals surface area contributed by atoms with Crippen molar-refractivity contribution < 1.29 is 31.1 Å².